The standard InChI is InChI=1S/C19H20ClFN4S2/c1-3-7-26-19(27-8-4-2)18(11-23)15(17(18,10-22)16(24)25-19)12-5-6-13(20)14(21)9-12/h5-6,9,15H,3-4,7-8H2,1-2H3,(H2,24,25). The lowest BCUT2D eigenvalue weighted by molar-refractivity contribution is 0.562. The SMILES string of the molecule is CCCSC1(SCCC)N=C(N)C2(C#N)C(c3ccc(Cl)c(F)c3)C12C#N. The Hall–Kier alpha value is -1.41. The number of aliphatic imine (C=N–C) groups is 1. The second kappa shape index (κ2) is 7.20. The van der Waals surface area contributed by atoms with Crippen LogP contribution in [0.1, 0.15) is 38.2 Å². The lowest BCUT2D eigenvalue weighted by Gasteiger charge is -2.32. The molecule has 1 aromatic rings. The second-order valence-electron chi connectivity index (χ2n) is 6.72. The minimum Gasteiger partial charge on any atom is -0.386 e. The summed E-state index contributed by atoms with van der Waals surface area (Å²) in [5, 5.41) is 20.4. The summed E-state index contributed by atoms with van der Waals surface area (Å²) >= 11 is 8.96. The Bertz CT molecular complexity index is 869. The first-order valence-electron chi connectivity index (χ1n) is 8.81. The van der Waals surface area contributed by atoms with Crippen LogP contribution in [-0.2, 0) is 0 Å². The predicted octanol–water partition coefficient (Wildman–Crippen LogP) is 4.91. The summed E-state index contributed by atoms with van der Waals surface area (Å²) in [6.45, 7) is 4.12. The van der Waals surface area contributed by atoms with E-state index in [1.807, 2.05) is 0 Å². The molecule has 1 heterocycles. The highest BCUT2D eigenvalue weighted by atomic mass is 35.5. The summed E-state index contributed by atoms with van der Waals surface area (Å²) in [6.07, 6.45) is 1.83. The molecule has 1 saturated carbocycles. The van der Waals surface area contributed by atoms with E-state index in [1.165, 1.54) is 12.1 Å². The number of benzene rings is 1. The van der Waals surface area contributed by atoms with Crippen LogP contribution >= 0.6 is 35.1 Å². The molecule has 0 spiro atoms. The van der Waals surface area contributed by atoms with Crippen LogP contribution in [0.3, 0.4) is 0 Å². The molecule has 3 atom stereocenters. The van der Waals surface area contributed by atoms with E-state index in [9.17, 15) is 14.9 Å². The van der Waals surface area contributed by atoms with Crippen LogP contribution in [0.25, 0.3) is 0 Å². The van der Waals surface area contributed by atoms with Crippen LogP contribution < -0.4 is 5.73 Å². The highest BCUT2D eigenvalue weighted by molar-refractivity contribution is 8.18. The number of halogens is 2. The summed E-state index contributed by atoms with van der Waals surface area (Å²) in [7, 11) is 0. The maximum Gasteiger partial charge on any atom is 0.175 e. The quantitative estimate of drug-likeness (QED) is 0.631. The minimum absolute atomic E-state index is 0.00944. The summed E-state index contributed by atoms with van der Waals surface area (Å²) < 4.78 is 13.3. The average Bonchev–Trinajstić information content (AvgIpc) is 3.24. The van der Waals surface area contributed by atoms with Crippen LogP contribution in [0.4, 0.5) is 4.39 Å². The van der Waals surface area contributed by atoms with Gasteiger partial charge in [-0.3, -0.25) is 0 Å². The molecule has 8 heteroatoms. The van der Waals surface area contributed by atoms with Crippen molar-refractivity contribution >= 4 is 41.0 Å². The molecule has 0 radical (unpaired) electrons. The molecule has 0 aromatic heterocycles. The first kappa shape index (κ1) is 20.3. The largest absolute Gasteiger partial charge is 0.386 e. The Kier molecular flexibility index (Phi) is 5.42. The topological polar surface area (TPSA) is 86.0 Å². The maximum atomic E-state index is 14.1. The van der Waals surface area contributed by atoms with E-state index in [4.69, 9.17) is 17.3 Å². The van der Waals surface area contributed by atoms with Gasteiger partial charge in [0.25, 0.3) is 0 Å². The monoisotopic (exact) mass is 422 g/mol. The zero-order valence-corrected chi connectivity index (χ0v) is 17.5. The van der Waals surface area contributed by atoms with Crippen LogP contribution in [0.2, 0.25) is 5.02 Å². The van der Waals surface area contributed by atoms with Gasteiger partial charge >= 0.3 is 0 Å². The van der Waals surface area contributed by atoms with E-state index >= 15 is 0 Å². The van der Waals surface area contributed by atoms with Crippen LogP contribution in [0, 0.1) is 39.3 Å². The van der Waals surface area contributed by atoms with Gasteiger partial charge in [-0.2, -0.15) is 10.5 Å². The zero-order chi connectivity index (χ0) is 19.9. The van der Waals surface area contributed by atoms with Crippen LogP contribution in [0.5, 0.6) is 0 Å². The van der Waals surface area contributed by atoms with Crippen molar-refractivity contribution in [3.8, 4) is 12.1 Å². The molecule has 4 nitrogen and oxygen atoms in total. The van der Waals surface area contributed by atoms with E-state index in [2.05, 4.69) is 31.0 Å². The summed E-state index contributed by atoms with van der Waals surface area (Å²) in [6, 6.07) is 9.16. The number of thioether (sulfide) groups is 2. The fourth-order valence-electron chi connectivity index (χ4n) is 4.03. The smallest absolute Gasteiger partial charge is 0.175 e. The van der Waals surface area contributed by atoms with Gasteiger partial charge < -0.3 is 5.73 Å². The number of amidine groups is 1. The molecule has 142 valence electrons. The van der Waals surface area contributed by atoms with E-state index in [-0.39, 0.29) is 10.9 Å². The fourth-order valence-corrected chi connectivity index (χ4v) is 7.37. The first-order valence-corrected chi connectivity index (χ1v) is 11.2. The number of nitriles is 2. The molecule has 0 bridgehead atoms. The van der Waals surface area contributed by atoms with Gasteiger partial charge in [-0.15, -0.1) is 23.5 Å². The molecule has 27 heavy (non-hydrogen) atoms. The van der Waals surface area contributed by atoms with Crippen molar-refractivity contribution < 1.29 is 4.39 Å². The fraction of sp³-hybridized carbons (Fsp3) is 0.526. The first-order chi connectivity index (χ1) is 12.9. The third kappa shape index (κ3) is 2.52. The average molecular weight is 423 g/mol. The maximum absolute atomic E-state index is 14.1. The van der Waals surface area contributed by atoms with Crippen molar-refractivity contribution in [2.24, 2.45) is 21.6 Å². The summed E-state index contributed by atoms with van der Waals surface area (Å²) in [5.41, 5.74) is 4.48. The molecule has 3 rings (SSSR count). The van der Waals surface area contributed by atoms with Crippen molar-refractivity contribution in [1.82, 2.24) is 0 Å². The molecule has 2 N–H and O–H groups in total. The molecular formula is C19H20ClFN4S2. The van der Waals surface area contributed by atoms with Gasteiger partial charge in [0.2, 0.25) is 0 Å². The molecule has 0 amide bonds. The van der Waals surface area contributed by atoms with Gasteiger partial charge in [0.15, 0.2) is 4.20 Å². The second-order valence-corrected chi connectivity index (χ2v) is 9.96. The molecule has 1 aliphatic heterocycles. The highest BCUT2D eigenvalue weighted by Gasteiger charge is 2.91. The molecule has 1 aliphatic carbocycles. The third-order valence-electron chi connectivity index (χ3n) is 5.21. The lowest BCUT2D eigenvalue weighted by atomic mass is 9.97. The van der Waals surface area contributed by atoms with Gasteiger partial charge in [0, 0.05) is 5.92 Å². The lowest BCUT2D eigenvalue weighted by Crippen LogP contribution is -2.32. The molecule has 2 aliphatic rings. The number of nitrogens with two attached hydrogens (primary N) is 1. The highest BCUT2D eigenvalue weighted by Crippen LogP contribution is 2.85. The Balaban J connectivity index is 2.18. The van der Waals surface area contributed by atoms with Gasteiger partial charge in [-0.05, 0) is 42.0 Å². The molecule has 0 saturated heterocycles. The number of hydrogen-bond acceptors (Lipinski definition) is 6. The Morgan fingerprint density at radius 3 is 2.33 bits per heavy atom. The van der Waals surface area contributed by atoms with Crippen molar-refractivity contribution in [3.63, 3.8) is 0 Å². The number of nitrogens with zero attached hydrogens (tertiary/aromatic N) is 3. The van der Waals surface area contributed by atoms with Crippen molar-refractivity contribution in [1.29, 1.82) is 10.5 Å². The number of rotatable bonds is 7. The summed E-state index contributed by atoms with van der Waals surface area (Å²) in [4.78, 5) is 4.68. The number of hydrogen-bond donors (Lipinski definition) is 1. The van der Waals surface area contributed by atoms with Crippen molar-refractivity contribution in [2.75, 3.05) is 11.5 Å². The van der Waals surface area contributed by atoms with Gasteiger partial charge in [-0.25, -0.2) is 9.38 Å². The molecule has 3 unspecified atom stereocenters. The summed E-state index contributed by atoms with van der Waals surface area (Å²) in [5.74, 6) is 0.668. The molecular weight excluding hydrogens is 403 g/mol. The minimum atomic E-state index is -1.23. The van der Waals surface area contributed by atoms with E-state index in [0.717, 1.165) is 24.3 Å². The van der Waals surface area contributed by atoms with Gasteiger partial charge in [0.05, 0.1) is 17.2 Å². The predicted molar refractivity (Wildman–Crippen MR) is 110 cm³/mol. The molecule has 1 fully saturated rings. The van der Waals surface area contributed by atoms with Crippen molar-refractivity contribution in [2.45, 2.75) is 36.8 Å². The van der Waals surface area contributed by atoms with Crippen molar-refractivity contribution in [3.05, 3.63) is 34.6 Å². The van der Waals surface area contributed by atoms with Crippen LogP contribution in [-0.4, -0.2) is 21.5 Å². The van der Waals surface area contributed by atoms with Gasteiger partial charge in [-0.1, -0.05) is 31.5 Å². The zero-order valence-electron chi connectivity index (χ0n) is 15.1. The van der Waals surface area contributed by atoms with E-state index in [1.54, 1.807) is 29.6 Å². The van der Waals surface area contributed by atoms with E-state index in [0.29, 0.717) is 5.56 Å². The third-order valence-corrected chi connectivity index (χ3v) is 9.06. The Morgan fingerprint density at radius 1 is 1.22 bits per heavy atom. The molecule has 1 aromatic carbocycles. The van der Waals surface area contributed by atoms with E-state index < -0.39 is 26.8 Å². The Morgan fingerprint density at radius 2 is 1.85 bits per heavy atom. The number of fused-ring (bicyclic) bond motifs is 1. The Labute approximate surface area is 172 Å². The normalized spacial score (nSPS) is 30.1. The van der Waals surface area contributed by atoms with Crippen LogP contribution in [0.15, 0.2) is 23.2 Å². The van der Waals surface area contributed by atoms with Gasteiger partial charge in [0.1, 0.15) is 22.5 Å².